The molecule has 1 aromatic rings. The minimum Gasteiger partial charge on any atom is -0.445 e. The summed E-state index contributed by atoms with van der Waals surface area (Å²) in [6.45, 7) is 1.43. The van der Waals surface area contributed by atoms with Gasteiger partial charge >= 0.3 is 6.09 Å². The van der Waals surface area contributed by atoms with Crippen LogP contribution in [0.2, 0.25) is 0 Å². The van der Waals surface area contributed by atoms with Crippen LogP contribution in [0.15, 0.2) is 24.3 Å². The van der Waals surface area contributed by atoms with Crippen LogP contribution in [0.1, 0.15) is 24.8 Å². The average Bonchev–Trinajstić information content (AvgIpc) is 2.54. The van der Waals surface area contributed by atoms with Crippen LogP contribution in [-0.2, 0) is 11.3 Å². The van der Waals surface area contributed by atoms with Crippen LogP contribution in [0.5, 0.6) is 0 Å². The maximum absolute atomic E-state index is 12.0. The average molecular weight is 302 g/mol. The zero-order valence-electron chi connectivity index (χ0n) is 12.2. The van der Waals surface area contributed by atoms with Crippen molar-refractivity contribution in [2.75, 3.05) is 13.1 Å². The normalized spacial score (nSPS) is 15.1. The largest absolute Gasteiger partial charge is 0.445 e. The molecule has 1 amide bonds. The molecule has 1 fully saturated rings. The highest BCUT2D eigenvalue weighted by molar-refractivity contribution is 5.67. The lowest BCUT2D eigenvalue weighted by Crippen LogP contribution is -2.38. The van der Waals surface area contributed by atoms with Crippen molar-refractivity contribution < 1.29 is 14.5 Å². The third-order valence-corrected chi connectivity index (χ3v) is 3.79. The standard InChI is InChI=1S/C16H18N2O4/c1-2-3-13-8-10-17(11-9-13)16(19)22-12-14-4-6-15(7-5-14)18(20)21/h1,4-7,13H,3,8-12H2. The number of hydrogen-bond donors (Lipinski definition) is 0. The fraction of sp³-hybridized carbons (Fsp3) is 0.438. The van der Waals surface area contributed by atoms with Gasteiger partial charge in [-0.05, 0) is 36.5 Å². The monoisotopic (exact) mass is 302 g/mol. The quantitative estimate of drug-likeness (QED) is 0.487. The van der Waals surface area contributed by atoms with Crippen LogP contribution in [0.4, 0.5) is 10.5 Å². The molecular weight excluding hydrogens is 284 g/mol. The van der Waals surface area contributed by atoms with Crippen molar-refractivity contribution >= 4 is 11.8 Å². The molecule has 0 bridgehead atoms. The fourth-order valence-electron chi connectivity index (χ4n) is 2.44. The summed E-state index contributed by atoms with van der Waals surface area (Å²) >= 11 is 0. The van der Waals surface area contributed by atoms with E-state index in [0.717, 1.165) is 24.8 Å². The van der Waals surface area contributed by atoms with Crippen LogP contribution in [0.3, 0.4) is 0 Å². The SMILES string of the molecule is C#CCC1CCN(C(=O)OCc2ccc([N+](=O)[O-])cc2)CC1. The van der Waals surface area contributed by atoms with E-state index in [1.54, 1.807) is 17.0 Å². The third kappa shape index (κ3) is 4.22. The summed E-state index contributed by atoms with van der Waals surface area (Å²) in [5, 5.41) is 10.6. The molecule has 6 nitrogen and oxygen atoms in total. The van der Waals surface area contributed by atoms with E-state index >= 15 is 0 Å². The Hall–Kier alpha value is -2.55. The van der Waals surface area contributed by atoms with Gasteiger partial charge in [0.1, 0.15) is 6.61 Å². The van der Waals surface area contributed by atoms with Gasteiger partial charge in [0.25, 0.3) is 5.69 Å². The number of terminal acetylenes is 1. The van der Waals surface area contributed by atoms with Crippen molar-refractivity contribution in [2.45, 2.75) is 25.9 Å². The number of non-ortho nitro benzene ring substituents is 1. The number of hydrogen-bond acceptors (Lipinski definition) is 4. The number of carbonyl (C=O) groups excluding carboxylic acids is 1. The molecule has 2 rings (SSSR count). The topological polar surface area (TPSA) is 72.7 Å². The Morgan fingerprint density at radius 2 is 2.00 bits per heavy atom. The number of piperidine rings is 1. The van der Waals surface area contributed by atoms with E-state index in [9.17, 15) is 14.9 Å². The zero-order chi connectivity index (χ0) is 15.9. The zero-order valence-corrected chi connectivity index (χ0v) is 12.2. The lowest BCUT2D eigenvalue weighted by Gasteiger charge is -2.30. The Morgan fingerprint density at radius 1 is 1.36 bits per heavy atom. The van der Waals surface area contributed by atoms with Crippen molar-refractivity contribution in [1.29, 1.82) is 0 Å². The van der Waals surface area contributed by atoms with E-state index in [2.05, 4.69) is 5.92 Å². The first-order chi connectivity index (χ1) is 10.6. The molecule has 1 aromatic carbocycles. The maximum atomic E-state index is 12.0. The second-order valence-electron chi connectivity index (χ2n) is 5.32. The number of carbonyl (C=O) groups is 1. The van der Waals surface area contributed by atoms with Crippen LogP contribution in [0, 0.1) is 28.4 Å². The van der Waals surface area contributed by atoms with E-state index in [1.165, 1.54) is 12.1 Å². The molecule has 1 saturated heterocycles. The molecule has 0 aliphatic carbocycles. The highest BCUT2D eigenvalue weighted by Gasteiger charge is 2.23. The number of likely N-dealkylation sites (tertiary alicyclic amines) is 1. The number of nitrogens with zero attached hydrogens (tertiary/aromatic N) is 2. The first-order valence-electron chi connectivity index (χ1n) is 7.18. The van der Waals surface area contributed by atoms with Gasteiger partial charge in [0.05, 0.1) is 4.92 Å². The van der Waals surface area contributed by atoms with E-state index in [1.807, 2.05) is 0 Å². The van der Waals surface area contributed by atoms with E-state index in [-0.39, 0.29) is 18.4 Å². The van der Waals surface area contributed by atoms with Crippen LogP contribution in [0.25, 0.3) is 0 Å². The molecule has 6 heteroatoms. The highest BCUT2D eigenvalue weighted by atomic mass is 16.6. The summed E-state index contributed by atoms with van der Waals surface area (Å²) in [7, 11) is 0. The summed E-state index contributed by atoms with van der Waals surface area (Å²) in [6, 6.07) is 5.97. The van der Waals surface area contributed by atoms with Gasteiger partial charge in [-0.2, -0.15) is 0 Å². The molecular formula is C16H18N2O4. The van der Waals surface area contributed by atoms with Gasteiger partial charge in [-0.15, -0.1) is 12.3 Å². The van der Waals surface area contributed by atoms with Crippen molar-refractivity contribution in [1.82, 2.24) is 4.90 Å². The number of nitro benzene ring substituents is 1. The summed E-state index contributed by atoms with van der Waals surface area (Å²) < 4.78 is 5.24. The van der Waals surface area contributed by atoms with Crippen molar-refractivity contribution in [3.05, 3.63) is 39.9 Å². The van der Waals surface area contributed by atoms with Gasteiger partial charge in [-0.1, -0.05) is 0 Å². The number of rotatable bonds is 4. The molecule has 0 aromatic heterocycles. The predicted octanol–water partition coefficient (Wildman–Crippen LogP) is 2.97. The summed E-state index contributed by atoms with van der Waals surface area (Å²) in [6.07, 6.45) is 7.50. The summed E-state index contributed by atoms with van der Waals surface area (Å²) in [5.74, 6) is 3.15. The number of amides is 1. The summed E-state index contributed by atoms with van der Waals surface area (Å²) in [5.41, 5.74) is 0.742. The van der Waals surface area contributed by atoms with E-state index in [4.69, 9.17) is 11.2 Å². The molecule has 0 N–H and O–H groups in total. The van der Waals surface area contributed by atoms with Gasteiger partial charge in [-0.3, -0.25) is 10.1 Å². The smallest absolute Gasteiger partial charge is 0.410 e. The second kappa shape index (κ2) is 7.46. The van der Waals surface area contributed by atoms with Gasteiger partial charge in [0.15, 0.2) is 0 Å². The molecule has 116 valence electrons. The molecule has 0 unspecified atom stereocenters. The van der Waals surface area contributed by atoms with Gasteiger partial charge < -0.3 is 9.64 Å². The van der Waals surface area contributed by atoms with Crippen molar-refractivity contribution in [3.8, 4) is 12.3 Å². The second-order valence-corrected chi connectivity index (χ2v) is 5.32. The maximum Gasteiger partial charge on any atom is 0.410 e. The number of ether oxygens (including phenoxy) is 1. The molecule has 0 radical (unpaired) electrons. The van der Waals surface area contributed by atoms with E-state index in [0.29, 0.717) is 19.0 Å². The summed E-state index contributed by atoms with van der Waals surface area (Å²) in [4.78, 5) is 23.7. The predicted molar refractivity (Wildman–Crippen MR) is 81.0 cm³/mol. The Labute approximate surface area is 129 Å². The van der Waals surface area contributed by atoms with Crippen LogP contribution in [-0.4, -0.2) is 29.0 Å². The minimum atomic E-state index is -0.462. The molecule has 22 heavy (non-hydrogen) atoms. The molecule has 1 heterocycles. The van der Waals surface area contributed by atoms with Crippen LogP contribution < -0.4 is 0 Å². The Bertz CT molecular complexity index is 569. The lowest BCUT2D eigenvalue weighted by molar-refractivity contribution is -0.384. The first-order valence-corrected chi connectivity index (χ1v) is 7.18. The molecule has 0 atom stereocenters. The van der Waals surface area contributed by atoms with Crippen LogP contribution >= 0.6 is 0 Å². The van der Waals surface area contributed by atoms with Gasteiger partial charge in [0.2, 0.25) is 0 Å². The number of benzene rings is 1. The highest BCUT2D eigenvalue weighted by Crippen LogP contribution is 2.20. The molecule has 1 aliphatic heterocycles. The van der Waals surface area contributed by atoms with Gasteiger partial charge in [0, 0.05) is 31.6 Å². The first kappa shape index (κ1) is 15.8. The third-order valence-electron chi connectivity index (χ3n) is 3.79. The Balaban J connectivity index is 1.78. The Kier molecular flexibility index (Phi) is 5.37. The fourth-order valence-corrected chi connectivity index (χ4v) is 2.44. The minimum absolute atomic E-state index is 0.0191. The number of nitro groups is 1. The lowest BCUT2D eigenvalue weighted by atomic mass is 9.94. The van der Waals surface area contributed by atoms with Gasteiger partial charge in [-0.25, -0.2) is 4.79 Å². The van der Waals surface area contributed by atoms with Crippen molar-refractivity contribution in [2.24, 2.45) is 5.92 Å². The van der Waals surface area contributed by atoms with Crippen molar-refractivity contribution in [3.63, 3.8) is 0 Å². The Morgan fingerprint density at radius 3 is 2.55 bits per heavy atom. The molecule has 0 saturated carbocycles. The van der Waals surface area contributed by atoms with E-state index < -0.39 is 4.92 Å². The molecule has 0 spiro atoms. The molecule has 1 aliphatic rings.